The Hall–Kier alpha value is -10.3. The monoisotopic (exact) mass is 1060 g/mol. The average Bonchev–Trinajstić information content (AvgIpc) is 2.12. The molecule has 2 heterocycles. The van der Waals surface area contributed by atoms with Crippen molar-refractivity contribution in [2.24, 2.45) is 0 Å². The fourth-order valence-electron chi connectivity index (χ4n) is 14.8. The van der Waals surface area contributed by atoms with E-state index in [1.165, 1.54) is 141 Å². The summed E-state index contributed by atoms with van der Waals surface area (Å²) in [5, 5.41) is 12.4. The molecule has 2 aliphatic carbocycles. The maximum absolute atomic E-state index is 2.60. The second-order valence-electron chi connectivity index (χ2n) is 22.2. The van der Waals surface area contributed by atoms with Crippen molar-refractivity contribution in [2.45, 2.75) is 5.41 Å². The molecule has 2 aliphatic rings. The molecule has 0 unspecified atom stereocenters. The van der Waals surface area contributed by atoms with Crippen LogP contribution in [0.5, 0.6) is 0 Å². The molecule has 0 N–H and O–H groups in total. The van der Waals surface area contributed by atoms with Crippen molar-refractivity contribution in [3.05, 3.63) is 313 Å². The zero-order valence-electron chi connectivity index (χ0n) is 44.5. The predicted molar refractivity (Wildman–Crippen MR) is 348 cm³/mol. The highest BCUT2D eigenvalue weighted by Gasteiger charge is 2.52. The summed E-state index contributed by atoms with van der Waals surface area (Å²) in [6, 6.07) is 109. The first-order valence-electron chi connectivity index (χ1n) is 28.4. The van der Waals surface area contributed by atoms with E-state index in [0.29, 0.717) is 0 Å². The van der Waals surface area contributed by atoms with E-state index in [1.54, 1.807) is 0 Å². The number of fused-ring (bicyclic) bond motifs is 20. The minimum Gasteiger partial charge on any atom is -0.309 e. The van der Waals surface area contributed by atoms with E-state index in [9.17, 15) is 0 Å². The lowest BCUT2D eigenvalue weighted by Gasteiger charge is -2.32. The van der Waals surface area contributed by atoms with Gasteiger partial charge in [-0.05, 0) is 143 Å². The highest BCUT2D eigenvalue weighted by atomic mass is 32.1. The predicted octanol–water partition coefficient (Wildman–Crippen LogP) is 21.8. The van der Waals surface area contributed by atoms with Crippen molar-refractivity contribution in [2.75, 3.05) is 4.90 Å². The smallest absolute Gasteiger partial charge is 0.0726 e. The molecule has 3 heteroatoms. The number of hydrogen-bond donors (Lipinski definition) is 0. The van der Waals surface area contributed by atoms with Crippen LogP contribution in [0.1, 0.15) is 22.3 Å². The minimum absolute atomic E-state index is 0.494. The van der Waals surface area contributed by atoms with Crippen molar-refractivity contribution >= 4 is 103 Å². The summed E-state index contributed by atoms with van der Waals surface area (Å²) in [5.74, 6) is 0. The molecule has 0 saturated heterocycles. The Morgan fingerprint density at radius 2 is 0.939 bits per heavy atom. The van der Waals surface area contributed by atoms with E-state index >= 15 is 0 Å². The van der Waals surface area contributed by atoms with Crippen molar-refractivity contribution in [1.82, 2.24) is 4.57 Å². The van der Waals surface area contributed by atoms with Gasteiger partial charge in [0.2, 0.25) is 0 Å². The van der Waals surface area contributed by atoms with Gasteiger partial charge in [0.05, 0.1) is 27.8 Å². The van der Waals surface area contributed by atoms with Crippen molar-refractivity contribution in [3.8, 4) is 50.2 Å². The van der Waals surface area contributed by atoms with Gasteiger partial charge in [0, 0.05) is 58.8 Å². The molecule has 0 radical (unpaired) electrons. The molecule has 82 heavy (non-hydrogen) atoms. The van der Waals surface area contributed by atoms with E-state index < -0.39 is 5.41 Å². The number of aromatic nitrogens is 1. The van der Waals surface area contributed by atoms with Crippen LogP contribution in [0, 0.1) is 0 Å². The molecule has 2 aromatic heterocycles. The third-order valence-electron chi connectivity index (χ3n) is 18.1. The third kappa shape index (κ3) is 6.29. The first kappa shape index (κ1) is 45.5. The van der Waals surface area contributed by atoms with Crippen LogP contribution < -0.4 is 4.90 Å². The van der Waals surface area contributed by atoms with Crippen LogP contribution in [-0.2, 0) is 5.41 Å². The Balaban J connectivity index is 0.884. The molecule has 14 aromatic carbocycles. The molecule has 18 rings (SSSR count). The van der Waals surface area contributed by atoms with E-state index in [4.69, 9.17) is 0 Å². The average molecular weight is 1060 g/mol. The molecule has 0 bridgehead atoms. The molecule has 0 atom stereocenters. The van der Waals surface area contributed by atoms with Crippen LogP contribution in [-0.4, -0.2) is 4.57 Å². The number of nitrogens with zero attached hydrogens (tertiary/aromatic N) is 2. The highest BCUT2D eigenvalue weighted by Crippen LogP contribution is 2.65. The van der Waals surface area contributed by atoms with Gasteiger partial charge < -0.3 is 9.47 Å². The largest absolute Gasteiger partial charge is 0.309 e. The highest BCUT2D eigenvalue weighted by molar-refractivity contribution is 7.25. The van der Waals surface area contributed by atoms with E-state index in [-0.39, 0.29) is 0 Å². The molecule has 380 valence electrons. The van der Waals surface area contributed by atoms with Crippen molar-refractivity contribution < 1.29 is 0 Å². The molecule has 16 aromatic rings. The second-order valence-corrected chi connectivity index (χ2v) is 23.3. The first-order valence-corrected chi connectivity index (χ1v) is 29.2. The number of anilines is 3. The van der Waals surface area contributed by atoms with E-state index in [2.05, 4.69) is 301 Å². The van der Waals surface area contributed by atoms with Gasteiger partial charge in [-0.3, -0.25) is 0 Å². The molecule has 0 amide bonds. The van der Waals surface area contributed by atoms with Crippen molar-refractivity contribution in [3.63, 3.8) is 0 Å². The van der Waals surface area contributed by atoms with E-state index in [1.807, 2.05) is 11.3 Å². The van der Waals surface area contributed by atoms with E-state index in [0.717, 1.165) is 22.7 Å². The van der Waals surface area contributed by atoms with Crippen molar-refractivity contribution in [1.29, 1.82) is 0 Å². The summed E-state index contributed by atoms with van der Waals surface area (Å²) in [7, 11) is 0. The Bertz CT molecular complexity index is 5320. The quantitative estimate of drug-likeness (QED) is 0.151. The maximum atomic E-state index is 2.60. The topological polar surface area (TPSA) is 8.17 Å². The molecule has 1 spiro atoms. The Kier molecular flexibility index (Phi) is 9.63. The number of benzene rings is 14. The van der Waals surface area contributed by atoms with Crippen LogP contribution in [0.25, 0.3) is 124 Å². The summed E-state index contributed by atoms with van der Waals surface area (Å²) in [4.78, 5) is 2.60. The summed E-state index contributed by atoms with van der Waals surface area (Å²) in [5.41, 5.74) is 21.8. The summed E-state index contributed by atoms with van der Waals surface area (Å²) >= 11 is 1.88. The van der Waals surface area contributed by atoms with Gasteiger partial charge in [0.25, 0.3) is 0 Å². The normalized spacial score (nSPS) is 13.0. The van der Waals surface area contributed by atoms with Crippen LogP contribution in [0.3, 0.4) is 0 Å². The lowest BCUT2D eigenvalue weighted by atomic mass is 9.70. The SMILES string of the molecule is c1ccc(-c2cc3ccccc3c3cccc(N(c4ccc5c(c4)sc4ccc(-c6cccc7c8ccccc8n(-c8ccc9ccccc9c8)c67)cc45)c4cccc5c4-c4ccccc4C54c5ccccc5-c5ccccc54)c23)cc1. The molecular weight excluding hydrogens is 1010 g/mol. The van der Waals surface area contributed by atoms with Crippen LogP contribution in [0.4, 0.5) is 17.1 Å². The second kappa shape index (κ2) is 17.3. The number of para-hydroxylation sites is 2. The molecule has 2 nitrogen and oxygen atoms in total. The lowest BCUT2D eigenvalue weighted by molar-refractivity contribution is 0.794. The fourth-order valence-corrected chi connectivity index (χ4v) is 15.9. The number of thiophene rings is 1. The molecule has 0 saturated carbocycles. The fraction of sp³-hybridized carbons (Fsp3) is 0.0127. The summed E-state index contributed by atoms with van der Waals surface area (Å²) in [6.07, 6.45) is 0. The molecule has 0 fully saturated rings. The first-order chi connectivity index (χ1) is 40.7. The number of rotatable bonds is 6. The maximum Gasteiger partial charge on any atom is 0.0726 e. The Morgan fingerprint density at radius 3 is 1.77 bits per heavy atom. The zero-order chi connectivity index (χ0) is 53.6. The zero-order valence-corrected chi connectivity index (χ0v) is 45.3. The lowest BCUT2D eigenvalue weighted by Crippen LogP contribution is -2.26. The van der Waals surface area contributed by atoms with Gasteiger partial charge in [-0.1, -0.05) is 231 Å². The molecule has 0 aliphatic heterocycles. The third-order valence-corrected chi connectivity index (χ3v) is 19.3. The van der Waals surface area contributed by atoms with Crippen LogP contribution >= 0.6 is 11.3 Å². The van der Waals surface area contributed by atoms with Gasteiger partial charge in [0.15, 0.2) is 0 Å². The number of hydrogen-bond acceptors (Lipinski definition) is 2. The van der Waals surface area contributed by atoms with Gasteiger partial charge in [-0.15, -0.1) is 11.3 Å². The van der Waals surface area contributed by atoms with Crippen LogP contribution in [0.15, 0.2) is 291 Å². The summed E-state index contributed by atoms with van der Waals surface area (Å²) < 4.78 is 4.99. The van der Waals surface area contributed by atoms with Gasteiger partial charge in [-0.25, -0.2) is 0 Å². The van der Waals surface area contributed by atoms with Crippen LogP contribution in [0.2, 0.25) is 0 Å². The Morgan fingerprint density at radius 1 is 0.317 bits per heavy atom. The van der Waals surface area contributed by atoms with Gasteiger partial charge in [0.1, 0.15) is 0 Å². The Labute approximate surface area is 478 Å². The van der Waals surface area contributed by atoms with Gasteiger partial charge in [-0.2, -0.15) is 0 Å². The van der Waals surface area contributed by atoms with Gasteiger partial charge >= 0.3 is 0 Å². The molecular formula is C79H48N2S. The minimum atomic E-state index is -0.494. The standard InChI is InChI=1S/C79H48N2S/c1-2-20-50(21-3-1)65-46-52-23-6-7-24-56(52)62-30-17-37-72(76(62)65)80(73-38-18-35-70-77(73)64-28-10-14-34-69(64)79(70)67-32-12-8-25-58(67)59-26-9-13-33-68(59)79)55-42-43-61-66-47-53(40-44-74(66)82-75(61)48-55)57-29-16-31-63-60-27-11-15-36-71(60)81(78(57)63)54-41-39-49-19-4-5-22-51(49)45-54/h1-48H. The summed E-state index contributed by atoms with van der Waals surface area (Å²) in [6.45, 7) is 0.